The molecule has 0 unspecified atom stereocenters. The predicted octanol–water partition coefficient (Wildman–Crippen LogP) is 4.79. The van der Waals surface area contributed by atoms with Crippen LogP contribution in [0.15, 0.2) is 42.5 Å². The molecule has 0 radical (unpaired) electrons. The molecule has 0 spiro atoms. The maximum atomic E-state index is 6.12. The molecule has 0 saturated carbocycles. The fourth-order valence-electron chi connectivity index (χ4n) is 3.02. The first-order chi connectivity index (χ1) is 13.0. The summed E-state index contributed by atoms with van der Waals surface area (Å²) in [6, 6.07) is 13.8. The zero-order chi connectivity index (χ0) is 19.0. The Bertz CT molecular complexity index is 1130. The van der Waals surface area contributed by atoms with E-state index < -0.39 is 0 Å². The normalized spacial score (nSPS) is 11.1. The summed E-state index contributed by atoms with van der Waals surface area (Å²) < 4.78 is 1.79. The van der Waals surface area contributed by atoms with Gasteiger partial charge in [-0.05, 0) is 31.5 Å². The van der Waals surface area contributed by atoms with Crippen molar-refractivity contribution in [3.8, 4) is 5.82 Å². The van der Waals surface area contributed by atoms with E-state index in [9.17, 15) is 0 Å². The zero-order valence-electron chi connectivity index (χ0n) is 15.4. The SMILES string of the molecule is CCc1nc(Cl)cc(Nc2cc(C)nn2-c2cc(C)c3ccccc3n2)n1. The van der Waals surface area contributed by atoms with Gasteiger partial charge < -0.3 is 5.32 Å². The van der Waals surface area contributed by atoms with E-state index in [1.165, 1.54) is 0 Å². The highest BCUT2D eigenvalue weighted by molar-refractivity contribution is 6.29. The first-order valence-corrected chi connectivity index (χ1v) is 9.15. The number of rotatable bonds is 4. The van der Waals surface area contributed by atoms with Crippen LogP contribution >= 0.6 is 11.6 Å². The number of halogens is 1. The van der Waals surface area contributed by atoms with Gasteiger partial charge in [0.05, 0.1) is 11.2 Å². The van der Waals surface area contributed by atoms with Crippen molar-refractivity contribution >= 4 is 34.1 Å². The van der Waals surface area contributed by atoms with Gasteiger partial charge in [0.2, 0.25) is 0 Å². The summed E-state index contributed by atoms with van der Waals surface area (Å²) >= 11 is 6.12. The average molecular weight is 379 g/mol. The van der Waals surface area contributed by atoms with Crippen molar-refractivity contribution in [2.45, 2.75) is 27.2 Å². The van der Waals surface area contributed by atoms with Crippen molar-refractivity contribution < 1.29 is 0 Å². The molecule has 4 aromatic rings. The second-order valence-electron chi connectivity index (χ2n) is 6.37. The van der Waals surface area contributed by atoms with Gasteiger partial charge in [-0.2, -0.15) is 9.78 Å². The Labute approximate surface area is 162 Å². The topological polar surface area (TPSA) is 68.5 Å². The molecule has 0 saturated heterocycles. The zero-order valence-corrected chi connectivity index (χ0v) is 16.1. The lowest BCUT2D eigenvalue weighted by atomic mass is 10.1. The van der Waals surface area contributed by atoms with E-state index in [2.05, 4.69) is 33.4 Å². The van der Waals surface area contributed by atoms with Crippen LogP contribution in [0.1, 0.15) is 24.0 Å². The maximum absolute atomic E-state index is 6.12. The lowest BCUT2D eigenvalue weighted by molar-refractivity contribution is 0.841. The summed E-state index contributed by atoms with van der Waals surface area (Å²) in [5.74, 6) is 2.84. The van der Waals surface area contributed by atoms with Crippen LogP contribution < -0.4 is 5.32 Å². The van der Waals surface area contributed by atoms with Gasteiger partial charge in [0.1, 0.15) is 22.6 Å². The third-order valence-corrected chi connectivity index (χ3v) is 4.47. The molecule has 0 aliphatic heterocycles. The van der Waals surface area contributed by atoms with Crippen LogP contribution in [-0.2, 0) is 6.42 Å². The monoisotopic (exact) mass is 378 g/mol. The quantitative estimate of drug-likeness (QED) is 0.517. The van der Waals surface area contributed by atoms with E-state index in [1.807, 2.05) is 44.2 Å². The average Bonchev–Trinajstić information content (AvgIpc) is 3.01. The molecular weight excluding hydrogens is 360 g/mol. The molecule has 1 N–H and O–H groups in total. The molecule has 0 amide bonds. The Hall–Kier alpha value is -2.99. The number of fused-ring (bicyclic) bond motifs is 1. The molecule has 0 aliphatic carbocycles. The van der Waals surface area contributed by atoms with E-state index in [0.29, 0.717) is 23.2 Å². The Morgan fingerprint density at radius 1 is 1.04 bits per heavy atom. The van der Waals surface area contributed by atoms with Crippen LogP contribution in [0.4, 0.5) is 11.6 Å². The largest absolute Gasteiger partial charge is 0.325 e. The van der Waals surface area contributed by atoms with Crippen LogP contribution in [0, 0.1) is 13.8 Å². The summed E-state index contributed by atoms with van der Waals surface area (Å²) in [6.07, 6.45) is 0.707. The molecule has 1 aromatic carbocycles. The van der Waals surface area contributed by atoms with Gasteiger partial charge in [-0.15, -0.1) is 0 Å². The number of aryl methyl sites for hydroxylation is 3. The molecular formula is C20H19ClN6. The Morgan fingerprint density at radius 3 is 2.67 bits per heavy atom. The highest BCUT2D eigenvalue weighted by Gasteiger charge is 2.12. The number of benzene rings is 1. The van der Waals surface area contributed by atoms with Gasteiger partial charge >= 0.3 is 0 Å². The fourth-order valence-corrected chi connectivity index (χ4v) is 3.22. The third-order valence-electron chi connectivity index (χ3n) is 4.27. The molecule has 27 heavy (non-hydrogen) atoms. The third kappa shape index (κ3) is 3.48. The first-order valence-electron chi connectivity index (χ1n) is 8.77. The van der Waals surface area contributed by atoms with Crippen molar-refractivity contribution in [3.63, 3.8) is 0 Å². The Morgan fingerprint density at radius 2 is 1.85 bits per heavy atom. The second-order valence-corrected chi connectivity index (χ2v) is 6.76. The van der Waals surface area contributed by atoms with Crippen LogP contribution in [0.5, 0.6) is 0 Å². The molecule has 0 aliphatic rings. The van der Waals surface area contributed by atoms with E-state index in [1.54, 1.807) is 10.7 Å². The molecule has 3 aromatic heterocycles. The number of aromatic nitrogens is 5. The van der Waals surface area contributed by atoms with E-state index in [4.69, 9.17) is 16.6 Å². The van der Waals surface area contributed by atoms with Gasteiger partial charge in [-0.3, -0.25) is 0 Å². The number of pyridine rings is 1. The highest BCUT2D eigenvalue weighted by atomic mass is 35.5. The minimum Gasteiger partial charge on any atom is -0.325 e. The number of hydrogen-bond donors (Lipinski definition) is 1. The predicted molar refractivity (Wildman–Crippen MR) is 108 cm³/mol. The lowest BCUT2D eigenvalue weighted by Crippen LogP contribution is -2.07. The standard InChI is InChI=1S/C20H19ClN6/c1-4-17-23-16(21)11-18(24-17)25-20-10-13(3)26-27(20)19-9-12(2)14-7-5-6-8-15(14)22-19/h5-11H,4H2,1-3H3,(H,23,24,25). The number of anilines is 2. The lowest BCUT2D eigenvalue weighted by Gasteiger charge is -2.11. The summed E-state index contributed by atoms with van der Waals surface area (Å²) in [5.41, 5.74) is 2.96. The van der Waals surface area contributed by atoms with Gasteiger partial charge in [0.15, 0.2) is 5.82 Å². The first kappa shape index (κ1) is 17.4. The summed E-state index contributed by atoms with van der Waals surface area (Å²) in [5, 5.41) is 9.45. The van der Waals surface area contributed by atoms with Gasteiger partial charge in [0, 0.05) is 23.9 Å². The second kappa shape index (κ2) is 6.96. The van der Waals surface area contributed by atoms with Crippen molar-refractivity contribution in [3.05, 3.63) is 64.7 Å². The molecule has 0 fully saturated rings. The van der Waals surface area contributed by atoms with E-state index in [-0.39, 0.29) is 0 Å². The van der Waals surface area contributed by atoms with E-state index >= 15 is 0 Å². The molecule has 4 rings (SSSR count). The highest BCUT2D eigenvalue weighted by Crippen LogP contribution is 2.24. The van der Waals surface area contributed by atoms with Gasteiger partial charge in [0.25, 0.3) is 0 Å². The Kier molecular flexibility index (Phi) is 4.49. The van der Waals surface area contributed by atoms with Crippen molar-refractivity contribution in [2.75, 3.05) is 5.32 Å². The Balaban J connectivity index is 1.79. The molecule has 0 bridgehead atoms. The van der Waals surface area contributed by atoms with Gasteiger partial charge in [-0.25, -0.2) is 15.0 Å². The summed E-state index contributed by atoms with van der Waals surface area (Å²) in [7, 11) is 0. The number of nitrogens with zero attached hydrogens (tertiary/aromatic N) is 5. The summed E-state index contributed by atoms with van der Waals surface area (Å²) in [4.78, 5) is 13.5. The van der Waals surface area contributed by atoms with Crippen molar-refractivity contribution in [1.29, 1.82) is 0 Å². The van der Waals surface area contributed by atoms with Crippen molar-refractivity contribution in [2.24, 2.45) is 0 Å². The smallest absolute Gasteiger partial charge is 0.156 e. The van der Waals surface area contributed by atoms with Crippen LogP contribution in [0.3, 0.4) is 0 Å². The van der Waals surface area contributed by atoms with Gasteiger partial charge in [-0.1, -0.05) is 36.7 Å². The van der Waals surface area contributed by atoms with Crippen molar-refractivity contribution in [1.82, 2.24) is 24.7 Å². The molecule has 3 heterocycles. The van der Waals surface area contributed by atoms with Crippen LogP contribution in [0.2, 0.25) is 5.15 Å². The van der Waals surface area contributed by atoms with E-state index in [0.717, 1.165) is 33.8 Å². The van der Waals surface area contributed by atoms with Crippen LogP contribution in [-0.4, -0.2) is 24.7 Å². The fraction of sp³-hybridized carbons (Fsp3) is 0.200. The number of para-hydroxylation sites is 1. The van der Waals surface area contributed by atoms with Crippen LogP contribution in [0.25, 0.3) is 16.7 Å². The maximum Gasteiger partial charge on any atom is 0.156 e. The molecule has 0 atom stereocenters. The minimum absolute atomic E-state index is 0.409. The molecule has 6 nitrogen and oxygen atoms in total. The number of nitrogens with one attached hydrogen (secondary N) is 1. The minimum atomic E-state index is 0.409. The summed E-state index contributed by atoms with van der Waals surface area (Å²) in [6.45, 7) is 6.01. The number of hydrogen-bond acceptors (Lipinski definition) is 5. The molecule has 7 heteroatoms. The molecule has 136 valence electrons.